The van der Waals surface area contributed by atoms with Crippen molar-refractivity contribution in [1.29, 1.82) is 0 Å². The van der Waals surface area contributed by atoms with Crippen molar-refractivity contribution in [3.8, 4) is 12.3 Å². The molecule has 4 amide bonds. The van der Waals surface area contributed by atoms with Crippen molar-refractivity contribution in [2.75, 3.05) is 11.9 Å². The minimum Gasteiger partial charge on any atom is -0.385 e. The fourth-order valence-corrected chi connectivity index (χ4v) is 3.00. The van der Waals surface area contributed by atoms with Crippen LogP contribution in [0.25, 0.3) is 0 Å². The first-order valence-electron chi connectivity index (χ1n) is 8.06. The van der Waals surface area contributed by atoms with Gasteiger partial charge in [0.2, 0.25) is 11.8 Å². The Morgan fingerprint density at radius 2 is 1.96 bits per heavy atom. The average molecular weight is 339 g/mol. The predicted octanol–water partition coefficient (Wildman–Crippen LogP) is 0.913. The smallest absolute Gasteiger partial charge is 0.262 e. The van der Waals surface area contributed by atoms with Gasteiger partial charge in [-0.05, 0) is 31.0 Å². The fourth-order valence-electron chi connectivity index (χ4n) is 3.00. The van der Waals surface area contributed by atoms with Crippen LogP contribution in [0.1, 0.15) is 46.4 Å². The van der Waals surface area contributed by atoms with Gasteiger partial charge in [0.1, 0.15) is 6.04 Å². The molecule has 0 aromatic heterocycles. The molecule has 0 bridgehead atoms. The number of benzene rings is 1. The normalized spacial score (nSPS) is 19.5. The van der Waals surface area contributed by atoms with E-state index in [4.69, 9.17) is 6.42 Å². The van der Waals surface area contributed by atoms with Crippen LogP contribution < -0.4 is 10.6 Å². The molecule has 2 heterocycles. The van der Waals surface area contributed by atoms with Gasteiger partial charge in [-0.15, -0.1) is 12.3 Å². The third-order valence-electron chi connectivity index (χ3n) is 4.27. The molecule has 0 spiro atoms. The van der Waals surface area contributed by atoms with Gasteiger partial charge in [-0.1, -0.05) is 0 Å². The van der Waals surface area contributed by atoms with Crippen molar-refractivity contribution in [2.24, 2.45) is 0 Å². The number of piperidine rings is 1. The van der Waals surface area contributed by atoms with E-state index in [1.54, 1.807) is 18.2 Å². The molecule has 1 aromatic carbocycles. The van der Waals surface area contributed by atoms with E-state index in [-0.39, 0.29) is 24.0 Å². The molecule has 128 valence electrons. The molecule has 0 radical (unpaired) electrons. The Bertz CT molecular complexity index is 809. The maximum atomic E-state index is 12.6. The molecule has 1 atom stereocenters. The highest BCUT2D eigenvalue weighted by Gasteiger charge is 2.44. The van der Waals surface area contributed by atoms with E-state index in [9.17, 15) is 19.2 Å². The van der Waals surface area contributed by atoms with Gasteiger partial charge in [0, 0.05) is 25.1 Å². The summed E-state index contributed by atoms with van der Waals surface area (Å²) in [5.41, 5.74) is 1.24. The first kappa shape index (κ1) is 16.7. The Morgan fingerprint density at radius 3 is 2.68 bits per heavy atom. The monoisotopic (exact) mass is 339 g/mol. The van der Waals surface area contributed by atoms with Gasteiger partial charge >= 0.3 is 0 Å². The lowest BCUT2D eigenvalue weighted by Gasteiger charge is -2.27. The van der Waals surface area contributed by atoms with Crippen molar-refractivity contribution in [1.82, 2.24) is 10.2 Å². The summed E-state index contributed by atoms with van der Waals surface area (Å²) in [4.78, 5) is 49.4. The van der Waals surface area contributed by atoms with Crippen LogP contribution in [0.3, 0.4) is 0 Å². The lowest BCUT2D eigenvalue weighted by Crippen LogP contribution is -2.54. The zero-order chi connectivity index (χ0) is 18.0. The van der Waals surface area contributed by atoms with E-state index in [0.29, 0.717) is 18.7 Å². The Hall–Kier alpha value is -3.14. The number of amides is 4. The molecule has 3 rings (SSSR count). The third-order valence-corrected chi connectivity index (χ3v) is 4.27. The molecule has 0 saturated carbocycles. The molecule has 2 N–H and O–H groups in total. The molecule has 2 aliphatic rings. The molecule has 1 unspecified atom stereocenters. The third kappa shape index (κ3) is 3.11. The van der Waals surface area contributed by atoms with E-state index in [2.05, 4.69) is 16.6 Å². The summed E-state index contributed by atoms with van der Waals surface area (Å²) in [5.74, 6) is 0.527. The van der Waals surface area contributed by atoms with E-state index in [1.165, 1.54) is 0 Å². The lowest BCUT2D eigenvalue weighted by molar-refractivity contribution is -0.136. The van der Waals surface area contributed by atoms with Crippen LogP contribution in [0.4, 0.5) is 5.69 Å². The van der Waals surface area contributed by atoms with Crippen LogP contribution in [0.2, 0.25) is 0 Å². The molecule has 1 aromatic rings. The summed E-state index contributed by atoms with van der Waals surface area (Å²) in [6, 6.07) is 3.95. The van der Waals surface area contributed by atoms with Gasteiger partial charge in [0.15, 0.2) is 0 Å². The highest BCUT2D eigenvalue weighted by atomic mass is 16.2. The van der Waals surface area contributed by atoms with Crippen LogP contribution in [0.5, 0.6) is 0 Å². The SMILES string of the molecule is C#CCCCNc1ccc2c(c1)C(=O)N(C1CCC(=O)NC1=O)C2=O. The molecule has 1 saturated heterocycles. The quantitative estimate of drug-likeness (QED) is 0.472. The molecule has 1 fully saturated rings. The second kappa shape index (κ2) is 6.77. The van der Waals surface area contributed by atoms with Crippen LogP contribution in [-0.4, -0.2) is 41.1 Å². The lowest BCUT2D eigenvalue weighted by atomic mass is 10.0. The minimum atomic E-state index is -0.947. The molecule has 25 heavy (non-hydrogen) atoms. The summed E-state index contributed by atoms with van der Waals surface area (Å²) >= 11 is 0. The maximum Gasteiger partial charge on any atom is 0.262 e. The Kier molecular flexibility index (Phi) is 4.52. The van der Waals surface area contributed by atoms with Gasteiger partial charge in [0.25, 0.3) is 11.8 Å². The maximum absolute atomic E-state index is 12.6. The van der Waals surface area contributed by atoms with Crippen molar-refractivity contribution in [3.63, 3.8) is 0 Å². The Labute approximate surface area is 144 Å². The van der Waals surface area contributed by atoms with Crippen LogP contribution in [-0.2, 0) is 9.59 Å². The van der Waals surface area contributed by atoms with E-state index < -0.39 is 29.7 Å². The van der Waals surface area contributed by atoms with Gasteiger partial charge in [0.05, 0.1) is 11.1 Å². The first-order valence-corrected chi connectivity index (χ1v) is 8.06. The number of hydrogen-bond donors (Lipinski definition) is 2. The molecule has 0 aliphatic carbocycles. The molecule has 7 heteroatoms. The van der Waals surface area contributed by atoms with Crippen molar-refractivity contribution in [2.45, 2.75) is 31.7 Å². The predicted molar refractivity (Wildman–Crippen MR) is 89.7 cm³/mol. The highest BCUT2D eigenvalue weighted by molar-refractivity contribution is 6.23. The van der Waals surface area contributed by atoms with Gasteiger partial charge in [-0.3, -0.25) is 29.4 Å². The number of anilines is 1. The van der Waals surface area contributed by atoms with Gasteiger partial charge < -0.3 is 5.32 Å². The Balaban J connectivity index is 1.78. The van der Waals surface area contributed by atoms with Crippen LogP contribution in [0.15, 0.2) is 18.2 Å². The zero-order valence-electron chi connectivity index (χ0n) is 13.5. The summed E-state index contributed by atoms with van der Waals surface area (Å²) in [5, 5.41) is 5.32. The second-order valence-corrected chi connectivity index (χ2v) is 5.94. The summed E-state index contributed by atoms with van der Waals surface area (Å²) in [6.07, 6.45) is 6.90. The number of terminal acetylenes is 1. The molecule has 7 nitrogen and oxygen atoms in total. The second-order valence-electron chi connectivity index (χ2n) is 5.94. The largest absolute Gasteiger partial charge is 0.385 e. The molecular formula is C18H17N3O4. The fraction of sp³-hybridized carbons (Fsp3) is 0.333. The van der Waals surface area contributed by atoms with Gasteiger partial charge in [-0.25, -0.2) is 0 Å². The number of hydrogen-bond acceptors (Lipinski definition) is 5. The van der Waals surface area contributed by atoms with Gasteiger partial charge in [-0.2, -0.15) is 0 Å². The summed E-state index contributed by atoms with van der Waals surface area (Å²) in [6.45, 7) is 0.655. The number of nitrogens with one attached hydrogen (secondary N) is 2. The summed E-state index contributed by atoms with van der Waals surface area (Å²) < 4.78 is 0. The zero-order valence-corrected chi connectivity index (χ0v) is 13.5. The van der Waals surface area contributed by atoms with Crippen LogP contribution >= 0.6 is 0 Å². The number of imide groups is 2. The number of rotatable bonds is 5. The minimum absolute atomic E-state index is 0.103. The van der Waals surface area contributed by atoms with E-state index >= 15 is 0 Å². The number of nitrogens with zero attached hydrogens (tertiary/aromatic N) is 1. The standard InChI is InChI=1S/C18H17N3O4/c1-2-3-4-9-19-11-5-6-12-13(10-11)18(25)21(17(12)24)14-7-8-15(22)20-16(14)23/h1,5-6,10,14,19H,3-4,7-9H2,(H,20,22,23). The topological polar surface area (TPSA) is 95.6 Å². The summed E-state index contributed by atoms with van der Waals surface area (Å²) in [7, 11) is 0. The first-order chi connectivity index (χ1) is 12.0. The van der Waals surface area contributed by atoms with Crippen molar-refractivity contribution in [3.05, 3.63) is 29.3 Å². The van der Waals surface area contributed by atoms with Crippen LogP contribution in [0, 0.1) is 12.3 Å². The van der Waals surface area contributed by atoms with Crippen molar-refractivity contribution >= 4 is 29.3 Å². The number of carbonyl (C=O) groups is 4. The average Bonchev–Trinajstić information content (AvgIpc) is 2.83. The van der Waals surface area contributed by atoms with E-state index in [0.717, 1.165) is 11.3 Å². The van der Waals surface area contributed by atoms with Crippen molar-refractivity contribution < 1.29 is 19.2 Å². The number of unbranched alkanes of at least 4 members (excludes halogenated alkanes) is 1. The molecule has 2 aliphatic heterocycles. The highest BCUT2D eigenvalue weighted by Crippen LogP contribution is 2.29. The Morgan fingerprint density at radius 1 is 1.20 bits per heavy atom. The van der Waals surface area contributed by atoms with E-state index in [1.807, 2.05) is 0 Å². The number of carbonyl (C=O) groups excluding carboxylic acids is 4. The number of fused-ring (bicyclic) bond motifs is 1. The molecular weight excluding hydrogens is 322 g/mol.